The second kappa shape index (κ2) is 19.4. The largest absolute Gasteiger partial charge is 0.481 e. The maximum absolute atomic E-state index is 14.3. The fourth-order valence-corrected chi connectivity index (χ4v) is 10.3. The molecule has 1 saturated heterocycles. The highest BCUT2D eigenvalue weighted by Crippen LogP contribution is 2.37. The van der Waals surface area contributed by atoms with Crippen molar-refractivity contribution < 1.29 is 27.9 Å². The number of benzene rings is 4. The average molecular weight is 918 g/mol. The van der Waals surface area contributed by atoms with Gasteiger partial charge in [0.2, 0.25) is 0 Å². The predicted molar refractivity (Wildman–Crippen MR) is 256 cm³/mol. The number of aromatic nitrogens is 5. The fraction of sp³-hybridized carbons (Fsp3) is 0.375. The lowest BCUT2D eigenvalue weighted by molar-refractivity contribution is -0.140. The highest BCUT2D eigenvalue weighted by molar-refractivity contribution is 7.99. The lowest BCUT2D eigenvalue weighted by Gasteiger charge is -2.23. The standard InChI is InChI=1S/C48H55N9O6S2/c1-9-26-64-46-51-43(49-23-24-50-47(60)63-48(6,7)8)41-44(52-46)57(55-53-41)27-34-16-14-33(15-17-34)18-19-36-29(2)31(4)42(32(5)30(36)3)65(61,62)54-39-20-21-40(38-13-11-10-12-37(38)39)56-25-22-35(28-56)45(58)59/h10-17,20-21,35,54H,9,22-28H2,1-8H3,(H,50,60)(H,58,59)(H,49,51,52)/t35-/m0/s1. The molecule has 0 bridgehead atoms. The zero-order chi connectivity index (χ0) is 46.6. The van der Waals surface area contributed by atoms with E-state index in [0.29, 0.717) is 78.1 Å². The summed E-state index contributed by atoms with van der Waals surface area (Å²) < 4.78 is 38.5. The third-order valence-electron chi connectivity index (χ3n) is 11.3. The summed E-state index contributed by atoms with van der Waals surface area (Å²) in [7, 11) is -4.04. The average Bonchev–Trinajstić information content (AvgIpc) is 3.92. The number of carboxylic acid groups (broad SMARTS) is 1. The minimum atomic E-state index is -4.04. The Labute approximate surface area is 384 Å². The summed E-state index contributed by atoms with van der Waals surface area (Å²) in [5.41, 5.74) is 7.18. The first-order chi connectivity index (χ1) is 30.9. The second-order valence-corrected chi connectivity index (χ2v) is 19.9. The smallest absolute Gasteiger partial charge is 0.407 e. The van der Waals surface area contributed by atoms with E-state index in [0.717, 1.165) is 56.5 Å². The van der Waals surface area contributed by atoms with Gasteiger partial charge in [-0.25, -0.2) is 27.9 Å². The summed E-state index contributed by atoms with van der Waals surface area (Å²) in [6, 6.07) is 19.1. The molecule has 6 aromatic rings. The van der Waals surface area contributed by atoms with Crippen molar-refractivity contribution in [3.05, 3.63) is 99.6 Å². The molecular formula is C48H55N9O6S2. The molecule has 1 aliphatic rings. The second-order valence-electron chi connectivity index (χ2n) is 17.2. The van der Waals surface area contributed by atoms with Crippen LogP contribution in [0.1, 0.15) is 79.5 Å². The van der Waals surface area contributed by atoms with Crippen LogP contribution in [0.2, 0.25) is 0 Å². The van der Waals surface area contributed by atoms with Crippen LogP contribution < -0.4 is 20.3 Å². The Morgan fingerprint density at radius 2 is 1.63 bits per heavy atom. The van der Waals surface area contributed by atoms with Crippen molar-refractivity contribution in [2.75, 3.05) is 46.9 Å². The number of carbonyl (C=O) groups excluding carboxylic acids is 1. The number of hydrogen-bond donors (Lipinski definition) is 4. The van der Waals surface area contributed by atoms with Crippen LogP contribution in [0.15, 0.2) is 70.7 Å². The van der Waals surface area contributed by atoms with Crippen LogP contribution in [0, 0.1) is 45.5 Å². The number of alkyl carbamates (subject to hydrolysis) is 1. The van der Waals surface area contributed by atoms with Gasteiger partial charge in [0.05, 0.1) is 23.0 Å². The number of nitrogens with one attached hydrogen (secondary N) is 3. The van der Waals surface area contributed by atoms with E-state index in [9.17, 15) is 23.1 Å². The summed E-state index contributed by atoms with van der Waals surface area (Å²) in [6.07, 6.45) is 1.02. The summed E-state index contributed by atoms with van der Waals surface area (Å²) in [5, 5.41) is 26.6. The lowest BCUT2D eigenvalue weighted by atomic mass is 9.94. The number of ether oxygens (including phenoxy) is 1. The Kier molecular flexibility index (Phi) is 13.9. The van der Waals surface area contributed by atoms with E-state index in [1.54, 1.807) is 22.5 Å². The van der Waals surface area contributed by atoms with Gasteiger partial charge in [0.25, 0.3) is 10.0 Å². The van der Waals surface area contributed by atoms with E-state index in [1.165, 1.54) is 0 Å². The van der Waals surface area contributed by atoms with Gasteiger partial charge in [-0.05, 0) is 113 Å². The number of rotatable bonds is 14. The van der Waals surface area contributed by atoms with E-state index in [-0.39, 0.29) is 4.90 Å². The molecule has 0 radical (unpaired) electrons. The maximum Gasteiger partial charge on any atom is 0.407 e. The molecule has 1 atom stereocenters. The minimum Gasteiger partial charge on any atom is -0.481 e. The molecular weight excluding hydrogens is 863 g/mol. The summed E-state index contributed by atoms with van der Waals surface area (Å²) in [4.78, 5) is 35.5. The first-order valence-corrected chi connectivity index (χ1v) is 24.1. The quantitative estimate of drug-likeness (QED) is 0.0354. The zero-order valence-corrected chi connectivity index (χ0v) is 39.6. The Morgan fingerprint density at radius 3 is 2.29 bits per heavy atom. The molecule has 2 aromatic heterocycles. The van der Waals surface area contributed by atoms with Crippen LogP contribution in [-0.2, 0) is 26.1 Å². The molecule has 3 heterocycles. The molecule has 1 amide bonds. The molecule has 0 spiro atoms. The highest BCUT2D eigenvalue weighted by atomic mass is 32.2. The summed E-state index contributed by atoms with van der Waals surface area (Å²) in [5.74, 6) is 6.77. The molecule has 0 aliphatic carbocycles. The minimum absolute atomic E-state index is 0.222. The molecule has 65 heavy (non-hydrogen) atoms. The molecule has 17 heteroatoms. The first kappa shape index (κ1) is 46.6. The molecule has 1 fully saturated rings. The van der Waals surface area contributed by atoms with Crippen molar-refractivity contribution in [1.82, 2.24) is 30.3 Å². The van der Waals surface area contributed by atoms with Gasteiger partial charge in [-0.2, -0.15) is 0 Å². The number of nitrogens with zero attached hydrogens (tertiary/aromatic N) is 6. The van der Waals surface area contributed by atoms with Crippen molar-refractivity contribution in [2.45, 2.75) is 90.4 Å². The van der Waals surface area contributed by atoms with Crippen molar-refractivity contribution >= 4 is 73.0 Å². The van der Waals surface area contributed by atoms with Crippen molar-refractivity contribution in [3.63, 3.8) is 0 Å². The summed E-state index contributed by atoms with van der Waals surface area (Å²) in [6.45, 7) is 17.1. The third kappa shape index (κ3) is 10.6. The van der Waals surface area contributed by atoms with Gasteiger partial charge in [0.1, 0.15) is 5.60 Å². The van der Waals surface area contributed by atoms with E-state index in [2.05, 4.69) is 49.3 Å². The van der Waals surface area contributed by atoms with E-state index < -0.39 is 33.6 Å². The van der Waals surface area contributed by atoms with Crippen LogP contribution in [0.25, 0.3) is 21.9 Å². The van der Waals surface area contributed by atoms with Crippen LogP contribution in [0.5, 0.6) is 0 Å². The van der Waals surface area contributed by atoms with Crippen molar-refractivity contribution in [1.29, 1.82) is 0 Å². The number of carbonyl (C=O) groups is 2. The zero-order valence-electron chi connectivity index (χ0n) is 38.0. The molecule has 1 aliphatic heterocycles. The van der Waals surface area contributed by atoms with Gasteiger partial charge in [-0.15, -0.1) is 5.10 Å². The number of carboxylic acids is 1. The number of aliphatic carboxylic acids is 1. The number of sulfonamides is 1. The van der Waals surface area contributed by atoms with Crippen molar-refractivity contribution in [3.8, 4) is 11.8 Å². The number of thioether (sulfide) groups is 1. The molecule has 340 valence electrons. The van der Waals surface area contributed by atoms with Crippen molar-refractivity contribution in [2.24, 2.45) is 5.92 Å². The van der Waals surface area contributed by atoms with E-state index in [4.69, 9.17) is 14.7 Å². The Hall–Kier alpha value is -6.38. The normalized spacial score (nSPS) is 14.0. The van der Waals surface area contributed by atoms with Gasteiger partial charge >= 0.3 is 12.1 Å². The lowest BCUT2D eigenvalue weighted by Crippen LogP contribution is -2.35. The number of fused-ring (bicyclic) bond motifs is 2. The predicted octanol–water partition coefficient (Wildman–Crippen LogP) is 8.21. The third-order valence-corrected chi connectivity index (χ3v) is 14.0. The molecule has 15 nitrogen and oxygen atoms in total. The Balaban J connectivity index is 1.07. The van der Waals surface area contributed by atoms with E-state index in [1.807, 2.05) is 103 Å². The topological polar surface area (TPSA) is 194 Å². The molecule has 4 N–H and O–H groups in total. The monoisotopic (exact) mass is 917 g/mol. The maximum atomic E-state index is 14.3. The Bertz CT molecular complexity index is 2920. The van der Waals surface area contributed by atoms with Gasteiger partial charge in [-0.1, -0.05) is 72.1 Å². The van der Waals surface area contributed by atoms with Crippen LogP contribution in [0.4, 0.5) is 22.0 Å². The Morgan fingerprint density at radius 1 is 0.923 bits per heavy atom. The molecule has 4 aromatic carbocycles. The van der Waals surface area contributed by atoms with E-state index >= 15 is 0 Å². The first-order valence-electron chi connectivity index (χ1n) is 21.6. The van der Waals surface area contributed by atoms with Crippen LogP contribution in [0.3, 0.4) is 0 Å². The number of anilines is 3. The van der Waals surface area contributed by atoms with Crippen LogP contribution >= 0.6 is 11.8 Å². The fourth-order valence-electron chi connectivity index (χ4n) is 7.88. The van der Waals surface area contributed by atoms with Gasteiger partial charge in [-0.3, -0.25) is 9.52 Å². The molecule has 7 rings (SSSR count). The molecule has 0 unspecified atom stereocenters. The van der Waals surface area contributed by atoms with Gasteiger partial charge in [0.15, 0.2) is 22.1 Å². The number of hydrogen-bond acceptors (Lipinski definition) is 12. The highest BCUT2D eigenvalue weighted by Gasteiger charge is 2.30. The van der Waals surface area contributed by atoms with Gasteiger partial charge in [0, 0.05) is 59.5 Å². The molecule has 0 saturated carbocycles. The number of amides is 1. The SMILES string of the molecule is CCCSc1nc(NCCNC(=O)OC(C)(C)C)c2nnn(Cc3ccc(C#Cc4c(C)c(C)c(S(=O)(=O)Nc5ccc(N6CC[C@H](C(=O)O)C6)c6ccccc56)c(C)c4C)cc3)c2n1. The van der Waals surface area contributed by atoms with Crippen LogP contribution in [-0.4, -0.2) is 88.1 Å². The van der Waals surface area contributed by atoms with Gasteiger partial charge < -0.3 is 25.4 Å². The summed E-state index contributed by atoms with van der Waals surface area (Å²) >= 11 is 1.55.